The van der Waals surface area contributed by atoms with Crippen molar-refractivity contribution in [3.8, 4) is 11.4 Å². The zero-order valence-electron chi connectivity index (χ0n) is 30.6. The fraction of sp³-hybridized carbons (Fsp3) is 0.415. The van der Waals surface area contributed by atoms with Crippen molar-refractivity contribution in [2.24, 2.45) is 5.41 Å². The molecule has 0 spiro atoms. The molecule has 3 aromatic carbocycles. The monoisotopic (exact) mass is 691 g/mol. The van der Waals surface area contributed by atoms with Gasteiger partial charge in [-0.05, 0) is 74.1 Å². The highest BCUT2D eigenvalue weighted by molar-refractivity contribution is 7.90. The van der Waals surface area contributed by atoms with Crippen molar-refractivity contribution < 1.29 is 13.2 Å². The molecule has 0 radical (unpaired) electrons. The van der Waals surface area contributed by atoms with Gasteiger partial charge in [-0.15, -0.1) is 0 Å². The van der Waals surface area contributed by atoms with Gasteiger partial charge in [0.25, 0.3) is 10.0 Å². The Hall–Kier alpha value is -4.21. The fourth-order valence-corrected chi connectivity index (χ4v) is 9.34. The van der Waals surface area contributed by atoms with Crippen LogP contribution in [0.5, 0.6) is 0 Å². The molecular weight excluding hydrogens is 643 g/mol. The van der Waals surface area contributed by atoms with Crippen molar-refractivity contribution in [2.45, 2.75) is 84.8 Å². The van der Waals surface area contributed by atoms with Gasteiger partial charge < -0.3 is 14.5 Å². The van der Waals surface area contributed by atoms with E-state index in [0.29, 0.717) is 17.3 Å². The van der Waals surface area contributed by atoms with E-state index in [0.717, 1.165) is 72.6 Å². The van der Waals surface area contributed by atoms with E-state index in [4.69, 9.17) is 14.7 Å². The van der Waals surface area contributed by atoms with Crippen LogP contribution < -0.4 is 9.80 Å². The number of nitrogens with zero attached hydrogens (tertiary/aromatic N) is 5. The van der Waals surface area contributed by atoms with Gasteiger partial charge in [0, 0.05) is 73.5 Å². The van der Waals surface area contributed by atoms with Gasteiger partial charge >= 0.3 is 0 Å². The Bertz CT molecular complexity index is 2190. The standard InChI is InChI=1S/C41H49N5O3S/c1-26(2)30-15-14-28(4)36(22-30)44-20-18-34-33(24-44)40(45-21-19-37(49-8)41(6,7)25-45)43-39(42-34)32-10-9-11-35-38(32)29(5)23-46(35)50(47,48)31-16-12-27(3)13-17-31/h9-17,22-23,26,37H,18-21,24-25H2,1-8H3/t37-/m0/s1. The maximum Gasteiger partial charge on any atom is 0.268 e. The van der Waals surface area contributed by atoms with Gasteiger partial charge in [-0.3, -0.25) is 0 Å². The number of hydrogen-bond donors (Lipinski definition) is 0. The highest BCUT2D eigenvalue weighted by atomic mass is 32.2. The Balaban J connectivity index is 1.36. The van der Waals surface area contributed by atoms with Gasteiger partial charge in [-0.1, -0.05) is 69.7 Å². The van der Waals surface area contributed by atoms with Crippen molar-refractivity contribution >= 4 is 32.4 Å². The lowest BCUT2D eigenvalue weighted by molar-refractivity contribution is -0.00647. The molecule has 4 heterocycles. The molecule has 262 valence electrons. The highest BCUT2D eigenvalue weighted by Gasteiger charge is 2.38. The second kappa shape index (κ2) is 12.8. The van der Waals surface area contributed by atoms with E-state index in [-0.39, 0.29) is 16.4 Å². The third kappa shape index (κ3) is 5.98. The number of rotatable bonds is 7. The Labute approximate surface area is 297 Å². The first-order chi connectivity index (χ1) is 23.8. The van der Waals surface area contributed by atoms with E-state index in [1.54, 1.807) is 18.3 Å². The lowest BCUT2D eigenvalue weighted by Gasteiger charge is -2.45. The normalized spacial score (nSPS) is 17.8. The molecule has 50 heavy (non-hydrogen) atoms. The number of aromatic nitrogens is 3. The molecule has 0 unspecified atom stereocenters. The molecule has 1 atom stereocenters. The predicted octanol–water partition coefficient (Wildman–Crippen LogP) is 8.20. The fourth-order valence-electron chi connectivity index (χ4n) is 7.92. The number of piperidine rings is 1. The zero-order chi connectivity index (χ0) is 35.5. The van der Waals surface area contributed by atoms with E-state index < -0.39 is 10.0 Å². The lowest BCUT2D eigenvalue weighted by atomic mass is 9.81. The predicted molar refractivity (Wildman–Crippen MR) is 203 cm³/mol. The molecule has 0 amide bonds. The molecule has 1 saturated heterocycles. The first-order valence-corrected chi connectivity index (χ1v) is 19.2. The second-order valence-electron chi connectivity index (χ2n) is 15.2. The van der Waals surface area contributed by atoms with Gasteiger partial charge in [0.2, 0.25) is 0 Å². The molecule has 2 aliphatic rings. The Kier molecular flexibility index (Phi) is 8.79. The van der Waals surface area contributed by atoms with Crippen molar-refractivity contribution in [2.75, 3.05) is 36.5 Å². The minimum atomic E-state index is -3.82. The van der Waals surface area contributed by atoms with Crippen LogP contribution in [-0.4, -0.2) is 55.2 Å². The molecular formula is C41H49N5O3S. The summed E-state index contributed by atoms with van der Waals surface area (Å²) in [6.45, 7) is 18.4. The van der Waals surface area contributed by atoms with Crippen LogP contribution in [0.2, 0.25) is 0 Å². The maximum atomic E-state index is 13.9. The maximum absolute atomic E-state index is 13.9. The van der Waals surface area contributed by atoms with Crippen LogP contribution in [0.15, 0.2) is 71.8 Å². The SMILES string of the molecule is CO[C@H]1CCN(c2nc(-c3cccc4c3c(C)cn4S(=O)(=O)c3ccc(C)cc3)nc3c2CN(c2cc(C(C)C)ccc2C)CC3)CC1(C)C. The summed E-state index contributed by atoms with van der Waals surface area (Å²) in [6, 6.07) is 19.7. The molecule has 0 saturated carbocycles. The summed E-state index contributed by atoms with van der Waals surface area (Å²) >= 11 is 0. The van der Waals surface area contributed by atoms with E-state index in [2.05, 4.69) is 62.6 Å². The summed E-state index contributed by atoms with van der Waals surface area (Å²) in [7, 11) is -2.00. The number of benzene rings is 3. The van der Waals surface area contributed by atoms with Crippen LogP contribution in [0.4, 0.5) is 11.5 Å². The minimum Gasteiger partial charge on any atom is -0.381 e. The molecule has 1 fully saturated rings. The van der Waals surface area contributed by atoms with Gasteiger partial charge in [0.15, 0.2) is 5.82 Å². The molecule has 8 nitrogen and oxygen atoms in total. The summed E-state index contributed by atoms with van der Waals surface area (Å²) in [5, 5.41) is 0.853. The quantitative estimate of drug-likeness (QED) is 0.170. The Morgan fingerprint density at radius 2 is 1.68 bits per heavy atom. The molecule has 0 bridgehead atoms. The van der Waals surface area contributed by atoms with Crippen LogP contribution in [0, 0.1) is 26.2 Å². The average molecular weight is 692 g/mol. The zero-order valence-corrected chi connectivity index (χ0v) is 31.4. The number of fused-ring (bicyclic) bond motifs is 2. The van der Waals surface area contributed by atoms with E-state index >= 15 is 0 Å². The number of methoxy groups -OCH3 is 1. The van der Waals surface area contributed by atoms with E-state index in [1.807, 2.05) is 51.3 Å². The van der Waals surface area contributed by atoms with Crippen LogP contribution in [0.3, 0.4) is 0 Å². The summed E-state index contributed by atoms with van der Waals surface area (Å²) < 4.78 is 35.2. The minimum absolute atomic E-state index is 0.0697. The molecule has 5 aromatic rings. The van der Waals surface area contributed by atoms with Gasteiger partial charge in [-0.2, -0.15) is 0 Å². The van der Waals surface area contributed by atoms with Crippen LogP contribution in [-0.2, 0) is 27.7 Å². The highest BCUT2D eigenvalue weighted by Crippen LogP contribution is 2.40. The lowest BCUT2D eigenvalue weighted by Crippen LogP contribution is -2.50. The van der Waals surface area contributed by atoms with Crippen molar-refractivity contribution in [3.63, 3.8) is 0 Å². The third-order valence-electron chi connectivity index (χ3n) is 10.8. The van der Waals surface area contributed by atoms with Crippen LogP contribution >= 0.6 is 0 Å². The largest absolute Gasteiger partial charge is 0.381 e. The molecule has 7 rings (SSSR count). The van der Waals surface area contributed by atoms with Crippen LogP contribution in [0.1, 0.15) is 73.5 Å². The topological polar surface area (TPSA) is 80.6 Å². The Morgan fingerprint density at radius 1 is 0.920 bits per heavy atom. The summed E-state index contributed by atoms with van der Waals surface area (Å²) in [4.78, 5) is 15.9. The van der Waals surface area contributed by atoms with Crippen LogP contribution in [0.25, 0.3) is 22.3 Å². The first kappa shape index (κ1) is 34.2. The summed E-state index contributed by atoms with van der Waals surface area (Å²) in [6.07, 6.45) is 3.59. The van der Waals surface area contributed by atoms with E-state index in [1.165, 1.54) is 26.4 Å². The molecule has 0 aliphatic carbocycles. The van der Waals surface area contributed by atoms with Gasteiger partial charge in [0.1, 0.15) is 5.82 Å². The smallest absolute Gasteiger partial charge is 0.268 e. The number of anilines is 2. The number of ether oxygens (including phenoxy) is 1. The summed E-state index contributed by atoms with van der Waals surface area (Å²) in [5.41, 5.74) is 9.38. The third-order valence-corrected chi connectivity index (χ3v) is 12.5. The number of hydrogen-bond acceptors (Lipinski definition) is 7. The molecule has 2 aliphatic heterocycles. The van der Waals surface area contributed by atoms with Crippen molar-refractivity contribution in [1.29, 1.82) is 0 Å². The van der Waals surface area contributed by atoms with Gasteiger partial charge in [-0.25, -0.2) is 22.4 Å². The number of aryl methyl sites for hydroxylation is 3. The van der Waals surface area contributed by atoms with Crippen molar-refractivity contribution in [3.05, 3.63) is 100 Å². The second-order valence-corrected chi connectivity index (χ2v) is 17.0. The molecule has 0 N–H and O–H groups in total. The first-order valence-electron chi connectivity index (χ1n) is 17.7. The van der Waals surface area contributed by atoms with Gasteiger partial charge in [0.05, 0.1) is 22.2 Å². The molecule has 9 heteroatoms. The average Bonchev–Trinajstić information content (AvgIpc) is 3.44. The van der Waals surface area contributed by atoms with E-state index in [9.17, 15) is 8.42 Å². The Morgan fingerprint density at radius 3 is 2.38 bits per heavy atom. The summed E-state index contributed by atoms with van der Waals surface area (Å²) in [5.74, 6) is 2.05. The molecule has 2 aromatic heterocycles. The van der Waals surface area contributed by atoms with Crippen molar-refractivity contribution in [1.82, 2.24) is 13.9 Å².